The lowest BCUT2D eigenvalue weighted by Crippen LogP contribution is -2.36. The molecule has 1 fully saturated rings. The van der Waals surface area contributed by atoms with Crippen molar-refractivity contribution in [3.8, 4) is 0 Å². The molecule has 3 rings (SSSR count). The lowest BCUT2D eigenvalue weighted by Gasteiger charge is -2.26. The predicted molar refractivity (Wildman–Crippen MR) is 95.4 cm³/mol. The van der Waals surface area contributed by atoms with E-state index in [9.17, 15) is 4.79 Å². The maximum atomic E-state index is 12.8. The van der Waals surface area contributed by atoms with Gasteiger partial charge in [-0.3, -0.25) is 4.79 Å². The number of nitrogens with zero attached hydrogens (tertiary/aromatic N) is 1. The predicted octanol–water partition coefficient (Wildman–Crippen LogP) is 3.25. The molecular formula is C19H23ClN2O. The monoisotopic (exact) mass is 330 g/mol. The van der Waals surface area contributed by atoms with Crippen LogP contribution in [-0.2, 0) is 17.9 Å². The number of hydrogen-bond donors (Lipinski definition) is 1. The van der Waals surface area contributed by atoms with Gasteiger partial charge in [-0.25, -0.2) is 0 Å². The van der Waals surface area contributed by atoms with Gasteiger partial charge in [-0.15, -0.1) is 12.4 Å². The van der Waals surface area contributed by atoms with E-state index in [2.05, 4.69) is 29.6 Å². The highest BCUT2D eigenvalue weighted by Gasteiger charge is 2.27. The first kappa shape index (κ1) is 17.5. The topological polar surface area (TPSA) is 32.3 Å². The zero-order valence-corrected chi connectivity index (χ0v) is 14.0. The fourth-order valence-corrected chi connectivity index (χ4v) is 2.94. The van der Waals surface area contributed by atoms with E-state index in [1.54, 1.807) is 0 Å². The van der Waals surface area contributed by atoms with Gasteiger partial charge in [-0.1, -0.05) is 60.7 Å². The Morgan fingerprint density at radius 3 is 1.91 bits per heavy atom. The van der Waals surface area contributed by atoms with Crippen LogP contribution >= 0.6 is 12.4 Å². The molecule has 2 aromatic carbocycles. The first-order chi connectivity index (χ1) is 10.8. The summed E-state index contributed by atoms with van der Waals surface area (Å²) in [6.45, 7) is 3.09. The summed E-state index contributed by atoms with van der Waals surface area (Å²) in [6.07, 6.45) is 0.943. The van der Waals surface area contributed by atoms with Crippen LogP contribution in [-0.4, -0.2) is 23.9 Å². The third-order valence-electron chi connectivity index (χ3n) is 4.15. The third kappa shape index (κ3) is 4.81. The van der Waals surface area contributed by atoms with Crippen LogP contribution in [0.15, 0.2) is 60.7 Å². The highest BCUT2D eigenvalue weighted by molar-refractivity contribution is 5.85. The molecule has 1 atom stereocenters. The van der Waals surface area contributed by atoms with E-state index in [-0.39, 0.29) is 24.2 Å². The average Bonchev–Trinajstić information content (AvgIpc) is 3.10. The van der Waals surface area contributed by atoms with Crippen LogP contribution in [0.4, 0.5) is 0 Å². The van der Waals surface area contributed by atoms with E-state index in [0.29, 0.717) is 13.1 Å². The minimum Gasteiger partial charge on any atom is -0.334 e. The van der Waals surface area contributed by atoms with Gasteiger partial charge < -0.3 is 10.2 Å². The Morgan fingerprint density at radius 2 is 1.48 bits per heavy atom. The maximum absolute atomic E-state index is 12.8. The van der Waals surface area contributed by atoms with Crippen molar-refractivity contribution in [3.63, 3.8) is 0 Å². The molecule has 0 spiro atoms. The molecule has 1 unspecified atom stereocenters. The highest BCUT2D eigenvalue weighted by atomic mass is 35.5. The Balaban J connectivity index is 0.00000192. The van der Waals surface area contributed by atoms with E-state index in [1.165, 1.54) is 11.1 Å². The second-order valence-corrected chi connectivity index (χ2v) is 5.86. The molecule has 1 saturated heterocycles. The Hall–Kier alpha value is -1.84. The van der Waals surface area contributed by atoms with Gasteiger partial charge in [-0.2, -0.15) is 0 Å². The van der Waals surface area contributed by atoms with Gasteiger partial charge in [0.1, 0.15) is 0 Å². The fraction of sp³-hybridized carbons (Fsp3) is 0.316. The Morgan fingerprint density at radius 1 is 0.957 bits per heavy atom. The van der Waals surface area contributed by atoms with Crippen LogP contribution < -0.4 is 5.32 Å². The first-order valence-electron chi connectivity index (χ1n) is 7.90. The van der Waals surface area contributed by atoms with Crippen molar-refractivity contribution in [3.05, 3.63) is 71.8 Å². The molecule has 2 aromatic rings. The van der Waals surface area contributed by atoms with Gasteiger partial charge >= 0.3 is 0 Å². The largest absolute Gasteiger partial charge is 0.334 e. The molecular weight excluding hydrogens is 308 g/mol. The molecule has 1 amide bonds. The molecule has 23 heavy (non-hydrogen) atoms. The Labute approximate surface area is 144 Å². The van der Waals surface area contributed by atoms with E-state index in [1.807, 2.05) is 41.3 Å². The number of nitrogens with one attached hydrogen (secondary N) is 1. The molecule has 0 saturated carbocycles. The molecule has 0 radical (unpaired) electrons. The van der Waals surface area contributed by atoms with Gasteiger partial charge in [0.15, 0.2) is 0 Å². The number of benzene rings is 2. The standard InChI is InChI=1S/C19H22N2O.ClH/c22-19(18-11-12-20-13-18)21(14-16-7-3-1-4-8-16)15-17-9-5-2-6-10-17;/h1-10,18,20H,11-15H2;1H. The van der Waals surface area contributed by atoms with E-state index in [0.717, 1.165) is 19.5 Å². The summed E-state index contributed by atoms with van der Waals surface area (Å²) in [5.74, 6) is 0.380. The molecule has 1 heterocycles. The molecule has 1 aliphatic rings. The fourth-order valence-electron chi connectivity index (χ4n) is 2.94. The normalized spacial score (nSPS) is 16.6. The molecule has 4 heteroatoms. The van der Waals surface area contributed by atoms with Crippen molar-refractivity contribution in [2.45, 2.75) is 19.5 Å². The molecule has 3 nitrogen and oxygen atoms in total. The minimum atomic E-state index is 0. The number of carbonyl (C=O) groups excluding carboxylic acids is 1. The zero-order chi connectivity index (χ0) is 15.2. The van der Waals surface area contributed by atoms with Crippen LogP contribution in [0.3, 0.4) is 0 Å². The second-order valence-electron chi connectivity index (χ2n) is 5.86. The van der Waals surface area contributed by atoms with Crippen LogP contribution in [0.5, 0.6) is 0 Å². The highest BCUT2D eigenvalue weighted by Crippen LogP contribution is 2.17. The van der Waals surface area contributed by atoms with Gasteiger partial charge in [-0.05, 0) is 24.1 Å². The Kier molecular flexibility index (Phi) is 6.63. The summed E-state index contributed by atoms with van der Waals surface area (Å²) >= 11 is 0. The maximum Gasteiger partial charge on any atom is 0.227 e. The minimum absolute atomic E-state index is 0. The van der Waals surface area contributed by atoms with Gasteiger partial charge in [0.2, 0.25) is 5.91 Å². The van der Waals surface area contributed by atoms with Crippen molar-refractivity contribution in [1.29, 1.82) is 0 Å². The van der Waals surface area contributed by atoms with Gasteiger partial charge in [0.25, 0.3) is 0 Å². The van der Waals surface area contributed by atoms with Gasteiger partial charge in [0.05, 0.1) is 5.92 Å². The SMILES string of the molecule is Cl.O=C(C1CCNC1)N(Cc1ccccc1)Cc1ccccc1. The number of hydrogen-bond acceptors (Lipinski definition) is 2. The van der Waals surface area contributed by atoms with E-state index < -0.39 is 0 Å². The number of rotatable bonds is 5. The smallest absolute Gasteiger partial charge is 0.227 e. The summed E-state index contributed by atoms with van der Waals surface area (Å²) in [5.41, 5.74) is 2.36. The van der Waals surface area contributed by atoms with Gasteiger partial charge in [0, 0.05) is 19.6 Å². The summed E-state index contributed by atoms with van der Waals surface area (Å²) < 4.78 is 0. The number of amides is 1. The zero-order valence-electron chi connectivity index (χ0n) is 13.2. The van der Waals surface area contributed by atoms with Crippen molar-refractivity contribution in [1.82, 2.24) is 10.2 Å². The third-order valence-corrected chi connectivity index (χ3v) is 4.15. The van der Waals surface area contributed by atoms with Crippen LogP contribution in [0, 0.1) is 5.92 Å². The van der Waals surface area contributed by atoms with Crippen molar-refractivity contribution >= 4 is 18.3 Å². The summed E-state index contributed by atoms with van der Waals surface area (Å²) in [6, 6.07) is 20.4. The van der Waals surface area contributed by atoms with E-state index in [4.69, 9.17) is 0 Å². The number of carbonyl (C=O) groups is 1. The molecule has 1 N–H and O–H groups in total. The average molecular weight is 331 g/mol. The van der Waals surface area contributed by atoms with Crippen molar-refractivity contribution < 1.29 is 4.79 Å². The summed E-state index contributed by atoms with van der Waals surface area (Å²) in [5, 5.41) is 3.29. The quantitative estimate of drug-likeness (QED) is 0.912. The van der Waals surface area contributed by atoms with Crippen molar-refractivity contribution in [2.24, 2.45) is 5.92 Å². The lowest BCUT2D eigenvalue weighted by atomic mass is 10.1. The Bertz CT molecular complexity index is 556. The number of halogens is 1. The second kappa shape index (κ2) is 8.70. The first-order valence-corrected chi connectivity index (χ1v) is 7.90. The van der Waals surface area contributed by atoms with Crippen LogP contribution in [0.25, 0.3) is 0 Å². The molecule has 0 aromatic heterocycles. The lowest BCUT2D eigenvalue weighted by molar-refractivity contribution is -0.136. The summed E-state index contributed by atoms with van der Waals surface area (Å²) in [7, 11) is 0. The molecule has 0 aliphatic carbocycles. The molecule has 0 bridgehead atoms. The van der Waals surface area contributed by atoms with Crippen LogP contribution in [0.2, 0.25) is 0 Å². The summed E-state index contributed by atoms with van der Waals surface area (Å²) in [4.78, 5) is 14.8. The molecule has 1 aliphatic heterocycles. The van der Waals surface area contributed by atoms with E-state index >= 15 is 0 Å². The molecule has 122 valence electrons. The van der Waals surface area contributed by atoms with Crippen LogP contribution in [0.1, 0.15) is 17.5 Å². The van der Waals surface area contributed by atoms with Crippen molar-refractivity contribution in [2.75, 3.05) is 13.1 Å².